The number of fused-ring (bicyclic) bond motifs is 1. The predicted octanol–water partition coefficient (Wildman–Crippen LogP) is 3.54. The van der Waals surface area contributed by atoms with Gasteiger partial charge in [-0.15, -0.1) is 0 Å². The Bertz CT molecular complexity index is 1450. The minimum atomic E-state index is 0.707. The summed E-state index contributed by atoms with van der Waals surface area (Å²) in [4.78, 5) is 4.54. The van der Waals surface area contributed by atoms with Crippen molar-refractivity contribution in [2.45, 2.75) is 0 Å². The maximum atomic E-state index is 5.66. The molecule has 1 aromatic carbocycles. The molecule has 7 nitrogen and oxygen atoms in total. The summed E-state index contributed by atoms with van der Waals surface area (Å²) < 4.78 is 11.2. The summed E-state index contributed by atoms with van der Waals surface area (Å²) >= 11 is 0. The number of pyridine rings is 1. The Hall–Kier alpha value is -4.31. The molecule has 31 heavy (non-hydrogen) atoms. The maximum absolute atomic E-state index is 5.66. The molecule has 152 valence electrons. The number of hydrogen-bond acceptors (Lipinski definition) is 4. The van der Waals surface area contributed by atoms with Crippen molar-refractivity contribution in [2.24, 2.45) is 14.1 Å². The van der Waals surface area contributed by atoms with E-state index in [0.29, 0.717) is 5.75 Å². The molecule has 5 aromatic rings. The second kappa shape index (κ2) is 7.50. The highest BCUT2D eigenvalue weighted by atomic mass is 16.5. The lowest BCUT2D eigenvalue weighted by molar-refractivity contribution is 0.417. The van der Waals surface area contributed by atoms with Crippen LogP contribution in [0.2, 0.25) is 0 Å². The van der Waals surface area contributed by atoms with Crippen LogP contribution in [0.3, 0.4) is 0 Å². The molecular formula is C24H20N6O. The number of nitrogens with zero attached hydrogens (tertiary/aromatic N) is 6. The lowest BCUT2D eigenvalue weighted by atomic mass is 10.1. The van der Waals surface area contributed by atoms with Crippen molar-refractivity contribution in [2.75, 3.05) is 7.11 Å². The molecule has 5 rings (SSSR count). The molecule has 0 saturated heterocycles. The number of aryl methyl sites for hydroxylation is 1. The Morgan fingerprint density at radius 3 is 2.45 bits per heavy atom. The van der Waals surface area contributed by atoms with Crippen LogP contribution in [-0.4, -0.2) is 36.1 Å². The number of hydrogen-bond donors (Lipinski definition) is 0. The van der Waals surface area contributed by atoms with E-state index in [1.165, 1.54) is 0 Å². The molecular weight excluding hydrogens is 388 g/mol. The highest BCUT2D eigenvalue weighted by Crippen LogP contribution is 2.29. The van der Waals surface area contributed by atoms with Gasteiger partial charge in [0.25, 0.3) is 0 Å². The average Bonchev–Trinajstić information content (AvgIpc) is 3.51. The van der Waals surface area contributed by atoms with Crippen LogP contribution in [0, 0.1) is 11.8 Å². The zero-order valence-electron chi connectivity index (χ0n) is 17.4. The van der Waals surface area contributed by atoms with Crippen LogP contribution in [-0.2, 0) is 14.1 Å². The van der Waals surface area contributed by atoms with E-state index in [0.717, 1.165) is 39.3 Å². The van der Waals surface area contributed by atoms with Gasteiger partial charge in [0.05, 0.1) is 31.3 Å². The zero-order valence-corrected chi connectivity index (χ0v) is 17.4. The van der Waals surface area contributed by atoms with Gasteiger partial charge >= 0.3 is 0 Å². The summed E-state index contributed by atoms with van der Waals surface area (Å²) in [6.07, 6.45) is 9.28. The molecule has 7 heteroatoms. The molecule has 0 radical (unpaired) electrons. The van der Waals surface area contributed by atoms with Crippen LogP contribution in [0.4, 0.5) is 0 Å². The van der Waals surface area contributed by atoms with Gasteiger partial charge in [-0.05, 0) is 12.0 Å². The zero-order chi connectivity index (χ0) is 21.4. The highest BCUT2D eigenvalue weighted by Gasteiger charge is 2.13. The largest absolute Gasteiger partial charge is 0.494 e. The van der Waals surface area contributed by atoms with Crippen LogP contribution >= 0.6 is 0 Å². The van der Waals surface area contributed by atoms with Crippen molar-refractivity contribution in [3.05, 3.63) is 78.6 Å². The smallest absolute Gasteiger partial charge is 0.146 e. The first kappa shape index (κ1) is 18.7. The topological polar surface area (TPSA) is 62.2 Å². The molecule has 4 aromatic heterocycles. The Labute approximate surface area is 179 Å². The Balaban J connectivity index is 1.54. The van der Waals surface area contributed by atoms with E-state index in [1.807, 2.05) is 73.7 Å². The van der Waals surface area contributed by atoms with Crippen molar-refractivity contribution in [3.63, 3.8) is 0 Å². The molecule has 0 bridgehead atoms. The number of imidazole rings is 1. The number of ether oxygens (including phenoxy) is 1. The second-order valence-corrected chi connectivity index (χ2v) is 7.19. The van der Waals surface area contributed by atoms with Gasteiger partial charge in [0.2, 0.25) is 0 Å². The van der Waals surface area contributed by atoms with Gasteiger partial charge in [0.1, 0.15) is 22.8 Å². The van der Waals surface area contributed by atoms with Gasteiger partial charge in [-0.25, -0.2) is 9.50 Å². The number of methoxy groups -OCH3 is 1. The summed E-state index contributed by atoms with van der Waals surface area (Å²) in [6, 6.07) is 12.0. The summed E-state index contributed by atoms with van der Waals surface area (Å²) in [5.41, 5.74) is 5.46. The fourth-order valence-electron chi connectivity index (χ4n) is 3.57. The van der Waals surface area contributed by atoms with Crippen LogP contribution < -0.4 is 4.74 Å². The highest BCUT2D eigenvalue weighted by molar-refractivity contribution is 5.75. The minimum Gasteiger partial charge on any atom is -0.494 e. The van der Waals surface area contributed by atoms with Gasteiger partial charge < -0.3 is 9.30 Å². The second-order valence-electron chi connectivity index (χ2n) is 7.19. The minimum absolute atomic E-state index is 0.707. The molecule has 0 spiro atoms. The SMILES string of the molecule is COc1cc(-c2cnn(C)c2)cn2ncc(C#Cc3cnc(-c4ccccc4)n3C)c12. The third-order valence-corrected chi connectivity index (χ3v) is 5.18. The third-order valence-electron chi connectivity index (χ3n) is 5.18. The quantitative estimate of drug-likeness (QED) is 0.429. The van der Waals surface area contributed by atoms with Gasteiger partial charge in [-0.2, -0.15) is 10.2 Å². The monoisotopic (exact) mass is 408 g/mol. The van der Waals surface area contributed by atoms with Gasteiger partial charge in [-0.1, -0.05) is 36.3 Å². The first-order valence-corrected chi connectivity index (χ1v) is 9.77. The number of rotatable bonds is 3. The summed E-state index contributed by atoms with van der Waals surface area (Å²) in [6.45, 7) is 0. The number of aromatic nitrogens is 6. The molecule has 0 fully saturated rings. The fraction of sp³-hybridized carbons (Fsp3) is 0.125. The molecule has 0 aliphatic rings. The molecule has 4 heterocycles. The molecule has 0 aliphatic carbocycles. The average molecular weight is 408 g/mol. The van der Waals surface area contributed by atoms with E-state index in [1.54, 1.807) is 28.7 Å². The van der Waals surface area contributed by atoms with E-state index >= 15 is 0 Å². The summed E-state index contributed by atoms with van der Waals surface area (Å²) in [5.74, 6) is 8.05. The predicted molar refractivity (Wildman–Crippen MR) is 119 cm³/mol. The summed E-state index contributed by atoms with van der Waals surface area (Å²) in [7, 11) is 5.51. The number of benzene rings is 1. The van der Waals surface area contributed by atoms with Crippen molar-refractivity contribution in [1.29, 1.82) is 0 Å². The normalized spacial score (nSPS) is 10.8. The molecule has 0 aliphatic heterocycles. The standard InChI is InChI=1S/C24H20N6O/c1-28-15-20(13-26-28)19-11-22(31-3)23-18(12-27-30(23)16-19)9-10-21-14-25-24(29(21)2)17-7-5-4-6-8-17/h4-8,11-16H,1-3H3. The van der Waals surface area contributed by atoms with E-state index in [9.17, 15) is 0 Å². The van der Waals surface area contributed by atoms with Crippen LogP contribution in [0.25, 0.3) is 28.0 Å². The Kier molecular flexibility index (Phi) is 4.53. The van der Waals surface area contributed by atoms with Crippen molar-refractivity contribution in [1.82, 2.24) is 28.9 Å². The van der Waals surface area contributed by atoms with Gasteiger partial charge in [0, 0.05) is 43.2 Å². The Morgan fingerprint density at radius 2 is 1.71 bits per heavy atom. The molecule has 0 unspecified atom stereocenters. The van der Waals surface area contributed by atoms with Crippen molar-refractivity contribution >= 4 is 5.52 Å². The van der Waals surface area contributed by atoms with E-state index in [-0.39, 0.29) is 0 Å². The van der Waals surface area contributed by atoms with Crippen LogP contribution in [0.15, 0.2) is 67.4 Å². The Morgan fingerprint density at radius 1 is 0.871 bits per heavy atom. The first-order valence-electron chi connectivity index (χ1n) is 9.77. The molecule has 0 saturated carbocycles. The van der Waals surface area contributed by atoms with E-state index < -0.39 is 0 Å². The summed E-state index contributed by atoms with van der Waals surface area (Å²) in [5, 5.41) is 8.74. The molecule has 0 amide bonds. The lowest BCUT2D eigenvalue weighted by Gasteiger charge is -2.06. The fourth-order valence-corrected chi connectivity index (χ4v) is 3.57. The van der Waals surface area contributed by atoms with Gasteiger partial charge in [0.15, 0.2) is 0 Å². The lowest BCUT2D eigenvalue weighted by Crippen LogP contribution is -1.95. The van der Waals surface area contributed by atoms with Crippen molar-refractivity contribution in [3.8, 4) is 40.1 Å². The molecule has 0 atom stereocenters. The van der Waals surface area contributed by atoms with Crippen LogP contribution in [0.5, 0.6) is 5.75 Å². The van der Waals surface area contributed by atoms with Crippen molar-refractivity contribution < 1.29 is 4.74 Å². The van der Waals surface area contributed by atoms with E-state index in [4.69, 9.17) is 4.74 Å². The van der Waals surface area contributed by atoms with Gasteiger partial charge in [-0.3, -0.25) is 4.68 Å². The third kappa shape index (κ3) is 3.34. The van der Waals surface area contributed by atoms with Crippen LogP contribution in [0.1, 0.15) is 11.3 Å². The molecule has 0 N–H and O–H groups in total. The van der Waals surface area contributed by atoms with E-state index in [2.05, 4.69) is 27.0 Å². The first-order chi connectivity index (χ1) is 15.1. The maximum Gasteiger partial charge on any atom is 0.146 e.